The number of imide groups is 1. The number of fused-ring (bicyclic) bond motifs is 4. The third-order valence-corrected chi connectivity index (χ3v) is 7.10. The van der Waals surface area contributed by atoms with E-state index in [2.05, 4.69) is 10.6 Å². The minimum absolute atomic E-state index is 0. The van der Waals surface area contributed by atoms with Crippen LogP contribution in [-0.2, 0) is 21.5 Å². The van der Waals surface area contributed by atoms with Gasteiger partial charge < -0.3 is 15.5 Å². The number of benzene rings is 1. The zero-order valence-corrected chi connectivity index (χ0v) is 17.3. The van der Waals surface area contributed by atoms with E-state index < -0.39 is 11.6 Å². The predicted molar refractivity (Wildman–Crippen MR) is 110 cm³/mol. The number of urea groups is 1. The Hall–Kier alpha value is -2.12. The van der Waals surface area contributed by atoms with Crippen molar-refractivity contribution in [2.75, 3.05) is 13.6 Å². The summed E-state index contributed by atoms with van der Waals surface area (Å²) >= 11 is 0. The van der Waals surface area contributed by atoms with Crippen molar-refractivity contribution in [3.63, 3.8) is 0 Å². The summed E-state index contributed by atoms with van der Waals surface area (Å²) in [5.41, 5.74) is 0.957. The highest BCUT2D eigenvalue weighted by Crippen LogP contribution is 2.41. The van der Waals surface area contributed by atoms with Crippen LogP contribution in [0.15, 0.2) is 24.3 Å². The molecule has 5 rings (SSSR count). The number of likely N-dealkylation sites (N-methyl/N-ethyl adjacent to an activating group) is 1. The molecule has 2 N–H and O–H groups in total. The molecule has 3 atom stereocenters. The summed E-state index contributed by atoms with van der Waals surface area (Å²) in [4.78, 5) is 41.6. The molecule has 1 spiro atoms. The van der Waals surface area contributed by atoms with Crippen molar-refractivity contribution in [1.82, 2.24) is 20.4 Å². The van der Waals surface area contributed by atoms with E-state index >= 15 is 0 Å². The molecule has 1 aliphatic carbocycles. The summed E-state index contributed by atoms with van der Waals surface area (Å²) in [6.45, 7) is -0.190. The van der Waals surface area contributed by atoms with Crippen molar-refractivity contribution in [2.45, 2.75) is 62.2 Å². The van der Waals surface area contributed by atoms with Crippen LogP contribution < -0.4 is 10.6 Å². The molecule has 7 nitrogen and oxygen atoms in total. The van der Waals surface area contributed by atoms with E-state index in [1.165, 1.54) is 0 Å². The maximum Gasteiger partial charge on any atom is 0.325 e. The molecule has 3 fully saturated rings. The number of nitrogens with one attached hydrogen (secondary N) is 2. The Kier molecular flexibility index (Phi) is 5.07. The van der Waals surface area contributed by atoms with Crippen LogP contribution in [0.3, 0.4) is 0 Å². The average molecular weight is 419 g/mol. The SMILES string of the molecule is CN(C(=O)CN1C(=O)NC2(CCc3ccccc32)C1=O)C1CC2CCC(C1)N2.Cl. The minimum atomic E-state index is -1.000. The molecule has 29 heavy (non-hydrogen) atoms. The molecule has 0 saturated carbocycles. The predicted octanol–water partition coefficient (Wildman–Crippen LogP) is 1.54. The number of hydrogen-bond donors (Lipinski definition) is 2. The van der Waals surface area contributed by atoms with Crippen molar-refractivity contribution in [2.24, 2.45) is 0 Å². The quantitative estimate of drug-likeness (QED) is 0.729. The fourth-order valence-electron chi connectivity index (χ4n) is 5.53. The molecule has 3 heterocycles. The van der Waals surface area contributed by atoms with Gasteiger partial charge in [-0.3, -0.25) is 14.5 Å². The maximum atomic E-state index is 13.2. The van der Waals surface area contributed by atoms with E-state index in [0.29, 0.717) is 18.5 Å². The lowest BCUT2D eigenvalue weighted by Gasteiger charge is -2.36. The first kappa shape index (κ1) is 20.2. The molecular weight excluding hydrogens is 392 g/mol. The van der Waals surface area contributed by atoms with Crippen LogP contribution in [0.25, 0.3) is 0 Å². The van der Waals surface area contributed by atoms with E-state index in [9.17, 15) is 14.4 Å². The van der Waals surface area contributed by atoms with Gasteiger partial charge in [-0.2, -0.15) is 0 Å². The number of halogens is 1. The fraction of sp³-hybridized carbons (Fsp3) is 0.571. The minimum Gasteiger partial charge on any atom is -0.341 e. The van der Waals surface area contributed by atoms with Crippen LogP contribution in [0.1, 0.15) is 43.2 Å². The fourth-order valence-corrected chi connectivity index (χ4v) is 5.53. The van der Waals surface area contributed by atoms with Crippen LogP contribution in [0.5, 0.6) is 0 Å². The van der Waals surface area contributed by atoms with Gasteiger partial charge in [0, 0.05) is 25.2 Å². The lowest BCUT2D eigenvalue weighted by atomic mass is 9.92. The molecule has 1 aromatic rings. The van der Waals surface area contributed by atoms with E-state index in [4.69, 9.17) is 0 Å². The Morgan fingerprint density at radius 3 is 2.62 bits per heavy atom. The van der Waals surface area contributed by atoms with Crippen molar-refractivity contribution < 1.29 is 14.4 Å². The van der Waals surface area contributed by atoms with Crippen LogP contribution in [-0.4, -0.2) is 59.4 Å². The number of carbonyl (C=O) groups excluding carboxylic acids is 3. The van der Waals surface area contributed by atoms with E-state index in [-0.39, 0.29) is 36.8 Å². The van der Waals surface area contributed by atoms with Crippen molar-refractivity contribution in [3.8, 4) is 0 Å². The second-order valence-electron chi connectivity index (χ2n) is 8.65. The van der Waals surface area contributed by atoms with Gasteiger partial charge in [0.1, 0.15) is 12.1 Å². The third kappa shape index (κ3) is 3.11. The van der Waals surface area contributed by atoms with Crippen LogP contribution in [0, 0.1) is 0 Å². The number of carbonyl (C=O) groups is 3. The Bertz CT molecular complexity index is 850. The highest BCUT2D eigenvalue weighted by Gasteiger charge is 2.55. The first-order valence-corrected chi connectivity index (χ1v) is 10.2. The van der Waals surface area contributed by atoms with Crippen molar-refractivity contribution in [1.29, 1.82) is 0 Å². The van der Waals surface area contributed by atoms with Crippen molar-refractivity contribution >= 4 is 30.3 Å². The zero-order chi connectivity index (χ0) is 19.5. The van der Waals surface area contributed by atoms with Gasteiger partial charge in [0.05, 0.1) is 0 Å². The van der Waals surface area contributed by atoms with Gasteiger partial charge in [0.15, 0.2) is 0 Å². The number of nitrogens with zero attached hydrogens (tertiary/aromatic N) is 2. The summed E-state index contributed by atoms with van der Waals surface area (Å²) in [5.74, 6) is -0.465. The Balaban J connectivity index is 0.00000205. The van der Waals surface area contributed by atoms with Gasteiger partial charge in [-0.15, -0.1) is 12.4 Å². The first-order chi connectivity index (χ1) is 13.5. The van der Waals surface area contributed by atoms with Crippen LogP contribution >= 0.6 is 12.4 Å². The molecule has 0 aromatic heterocycles. The summed E-state index contributed by atoms with van der Waals surface area (Å²) in [6.07, 6.45) is 5.51. The van der Waals surface area contributed by atoms with Crippen LogP contribution in [0.4, 0.5) is 4.79 Å². The Morgan fingerprint density at radius 1 is 1.21 bits per heavy atom. The Labute approximate surface area is 176 Å². The monoisotopic (exact) mass is 418 g/mol. The largest absolute Gasteiger partial charge is 0.341 e. The highest BCUT2D eigenvalue weighted by molar-refractivity contribution is 6.09. The summed E-state index contributed by atoms with van der Waals surface area (Å²) in [5, 5.41) is 6.47. The van der Waals surface area contributed by atoms with Gasteiger partial charge in [-0.05, 0) is 49.7 Å². The van der Waals surface area contributed by atoms with Gasteiger partial charge in [0.2, 0.25) is 5.91 Å². The van der Waals surface area contributed by atoms with E-state index in [1.54, 1.807) is 11.9 Å². The first-order valence-electron chi connectivity index (χ1n) is 10.2. The zero-order valence-electron chi connectivity index (χ0n) is 16.5. The number of rotatable bonds is 3. The lowest BCUT2D eigenvalue weighted by molar-refractivity contribution is -0.140. The van der Waals surface area contributed by atoms with Gasteiger partial charge in [-0.1, -0.05) is 24.3 Å². The standard InChI is InChI=1S/C21H26N4O3.ClH/c1-24(16-10-14-6-7-15(11-16)22-14)18(26)12-25-19(27)21(23-20(25)28)9-8-13-4-2-3-5-17(13)21;/h2-5,14-16,22H,6-12H2,1H3,(H,23,28);1H. The maximum absolute atomic E-state index is 13.2. The highest BCUT2D eigenvalue weighted by atomic mass is 35.5. The summed E-state index contributed by atoms with van der Waals surface area (Å²) in [6, 6.07) is 8.41. The average Bonchev–Trinajstić information content (AvgIpc) is 3.31. The smallest absolute Gasteiger partial charge is 0.325 e. The molecule has 8 heteroatoms. The molecule has 1 aromatic carbocycles. The molecule has 3 aliphatic heterocycles. The van der Waals surface area contributed by atoms with Crippen molar-refractivity contribution in [3.05, 3.63) is 35.4 Å². The molecular formula is C21H27ClN4O3. The van der Waals surface area contributed by atoms with Crippen LogP contribution in [0.2, 0.25) is 0 Å². The molecule has 2 bridgehead atoms. The number of piperidine rings is 1. The lowest BCUT2D eigenvalue weighted by Crippen LogP contribution is -2.51. The molecule has 3 saturated heterocycles. The second-order valence-corrected chi connectivity index (χ2v) is 8.65. The molecule has 156 valence electrons. The molecule has 3 unspecified atom stereocenters. The Morgan fingerprint density at radius 2 is 1.90 bits per heavy atom. The normalized spacial score (nSPS) is 32.2. The van der Waals surface area contributed by atoms with Gasteiger partial charge in [0.25, 0.3) is 5.91 Å². The topological polar surface area (TPSA) is 81.8 Å². The summed E-state index contributed by atoms with van der Waals surface area (Å²) in [7, 11) is 1.80. The summed E-state index contributed by atoms with van der Waals surface area (Å²) < 4.78 is 0. The molecule has 0 radical (unpaired) electrons. The number of aryl methyl sites for hydroxylation is 1. The molecule has 4 amide bonds. The molecule has 4 aliphatic rings. The van der Waals surface area contributed by atoms with E-state index in [0.717, 1.165) is 48.1 Å². The van der Waals surface area contributed by atoms with Gasteiger partial charge in [-0.25, -0.2) is 4.79 Å². The number of amides is 4. The van der Waals surface area contributed by atoms with E-state index in [1.807, 2.05) is 24.3 Å². The third-order valence-electron chi connectivity index (χ3n) is 7.10. The number of hydrogen-bond acceptors (Lipinski definition) is 4. The second kappa shape index (κ2) is 7.29. The van der Waals surface area contributed by atoms with Gasteiger partial charge >= 0.3 is 6.03 Å².